The Balaban J connectivity index is 1.69. The normalized spacial score (nSPS) is 10.4. The summed E-state index contributed by atoms with van der Waals surface area (Å²) in [6.07, 6.45) is 1.59. The van der Waals surface area contributed by atoms with E-state index in [0.717, 1.165) is 11.3 Å². The maximum Gasteiger partial charge on any atom is 0.322 e. The van der Waals surface area contributed by atoms with Crippen LogP contribution in [0.1, 0.15) is 5.89 Å². The summed E-state index contributed by atoms with van der Waals surface area (Å²) in [7, 11) is 1.59. The Morgan fingerprint density at radius 2 is 1.96 bits per heavy atom. The summed E-state index contributed by atoms with van der Waals surface area (Å²) >= 11 is 0. The van der Waals surface area contributed by atoms with Gasteiger partial charge in [-0.25, -0.2) is 9.18 Å². The number of halogens is 1. The van der Waals surface area contributed by atoms with Crippen LogP contribution in [0.2, 0.25) is 0 Å². The van der Waals surface area contributed by atoms with E-state index < -0.39 is 6.03 Å². The highest BCUT2D eigenvalue weighted by atomic mass is 19.1. The molecule has 1 aromatic heterocycles. The van der Waals surface area contributed by atoms with Gasteiger partial charge in [0, 0.05) is 17.8 Å². The molecule has 0 aliphatic carbocycles. The fourth-order valence-electron chi connectivity index (χ4n) is 2.45. The minimum Gasteiger partial charge on any atom is -0.497 e. The molecule has 0 unspecified atom stereocenters. The molecule has 0 fully saturated rings. The van der Waals surface area contributed by atoms with Gasteiger partial charge in [0.05, 0.1) is 7.11 Å². The summed E-state index contributed by atoms with van der Waals surface area (Å²) in [5, 5.41) is 6.65. The number of amides is 2. The van der Waals surface area contributed by atoms with Crippen molar-refractivity contribution >= 4 is 11.7 Å². The predicted molar refractivity (Wildman–Crippen MR) is 102 cm³/mol. The third-order valence-electron chi connectivity index (χ3n) is 3.87. The number of anilines is 1. The lowest BCUT2D eigenvalue weighted by atomic mass is 10.2. The summed E-state index contributed by atoms with van der Waals surface area (Å²) in [6.45, 7) is 4.03. The van der Waals surface area contributed by atoms with Crippen LogP contribution in [0.25, 0.3) is 11.4 Å². The van der Waals surface area contributed by atoms with Crippen molar-refractivity contribution in [1.82, 2.24) is 15.0 Å². The number of aromatic nitrogens is 2. The zero-order chi connectivity index (χ0) is 19.9. The summed E-state index contributed by atoms with van der Waals surface area (Å²) in [6, 6.07) is 12.3. The van der Waals surface area contributed by atoms with E-state index in [-0.39, 0.29) is 24.8 Å². The van der Waals surface area contributed by atoms with Gasteiger partial charge in [0.1, 0.15) is 18.1 Å². The number of rotatable bonds is 7. The van der Waals surface area contributed by atoms with Gasteiger partial charge in [-0.1, -0.05) is 11.2 Å². The summed E-state index contributed by atoms with van der Waals surface area (Å²) in [4.78, 5) is 18.3. The Labute approximate surface area is 161 Å². The van der Waals surface area contributed by atoms with Crippen LogP contribution >= 0.6 is 0 Å². The first-order chi connectivity index (χ1) is 13.6. The molecule has 2 amide bonds. The number of carbonyl (C=O) groups is 1. The number of benzene rings is 2. The highest BCUT2D eigenvalue weighted by molar-refractivity contribution is 5.89. The molecule has 0 saturated carbocycles. The number of carbonyl (C=O) groups excluding carboxylic acids is 1. The molecule has 0 aliphatic rings. The lowest BCUT2D eigenvalue weighted by molar-refractivity contribution is 0.206. The number of urea groups is 1. The molecular formula is C20H19FN4O3. The largest absolute Gasteiger partial charge is 0.497 e. The first-order valence-corrected chi connectivity index (χ1v) is 8.48. The maximum absolute atomic E-state index is 13.0. The van der Waals surface area contributed by atoms with Crippen molar-refractivity contribution in [3.05, 3.63) is 72.9 Å². The zero-order valence-corrected chi connectivity index (χ0v) is 15.3. The van der Waals surface area contributed by atoms with Crippen molar-refractivity contribution in [2.24, 2.45) is 0 Å². The molecule has 1 N–H and O–H groups in total. The molecule has 8 heteroatoms. The number of nitrogens with one attached hydrogen (secondary N) is 1. The van der Waals surface area contributed by atoms with E-state index >= 15 is 0 Å². The smallest absolute Gasteiger partial charge is 0.322 e. The van der Waals surface area contributed by atoms with E-state index in [0.29, 0.717) is 11.5 Å². The summed E-state index contributed by atoms with van der Waals surface area (Å²) < 4.78 is 23.4. The molecule has 7 nitrogen and oxygen atoms in total. The highest BCUT2D eigenvalue weighted by Crippen LogP contribution is 2.20. The maximum atomic E-state index is 13.0. The highest BCUT2D eigenvalue weighted by Gasteiger charge is 2.17. The number of hydrogen-bond acceptors (Lipinski definition) is 5. The fraction of sp³-hybridized carbons (Fsp3) is 0.150. The number of nitrogens with zero attached hydrogens (tertiary/aromatic N) is 3. The molecule has 0 saturated heterocycles. The van der Waals surface area contributed by atoms with Gasteiger partial charge in [-0.15, -0.1) is 6.58 Å². The SMILES string of the molecule is C=CCN(Cc1nc(-c2ccc(OC)cc2)no1)C(=O)Nc1ccc(F)cc1. The molecule has 0 atom stereocenters. The van der Waals surface area contributed by atoms with Crippen LogP contribution in [0.3, 0.4) is 0 Å². The minimum atomic E-state index is -0.393. The first-order valence-electron chi connectivity index (χ1n) is 8.48. The van der Waals surface area contributed by atoms with E-state index in [1.165, 1.54) is 29.2 Å². The van der Waals surface area contributed by atoms with E-state index in [4.69, 9.17) is 9.26 Å². The van der Waals surface area contributed by atoms with Crippen LogP contribution in [0.15, 0.2) is 65.7 Å². The van der Waals surface area contributed by atoms with E-state index in [2.05, 4.69) is 22.0 Å². The van der Waals surface area contributed by atoms with Crippen molar-refractivity contribution in [2.45, 2.75) is 6.54 Å². The molecule has 0 spiro atoms. The zero-order valence-electron chi connectivity index (χ0n) is 15.3. The predicted octanol–water partition coefficient (Wildman–Crippen LogP) is 4.10. The van der Waals surface area contributed by atoms with E-state index in [9.17, 15) is 9.18 Å². The number of methoxy groups -OCH3 is 1. The third-order valence-corrected chi connectivity index (χ3v) is 3.87. The van der Waals surface area contributed by atoms with Crippen molar-refractivity contribution < 1.29 is 18.4 Å². The van der Waals surface area contributed by atoms with Crippen molar-refractivity contribution in [2.75, 3.05) is 19.0 Å². The number of ether oxygens (including phenoxy) is 1. The first kappa shape index (κ1) is 19.1. The van der Waals surface area contributed by atoms with Gasteiger partial charge in [-0.05, 0) is 48.5 Å². The van der Waals surface area contributed by atoms with Gasteiger partial charge in [-0.3, -0.25) is 0 Å². The molecule has 1 heterocycles. The Morgan fingerprint density at radius 1 is 1.25 bits per heavy atom. The fourth-order valence-corrected chi connectivity index (χ4v) is 2.45. The van der Waals surface area contributed by atoms with Gasteiger partial charge in [0.15, 0.2) is 0 Å². The Bertz CT molecular complexity index is 939. The standard InChI is InChI=1S/C20H19FN4O3/c1-3-12-25(20(26)22-16-8-6-15(21)7-9-16)13-18-23-19(24-28-18)14-4-10-17(27-2)11-5-14/h3-11H,1,12-13H2,2H3,(H,22,26). The lowest BCUT2D eigenvalue weighted by Crippen LogP contribution is -2.34. The molecule has 2 aromatic carbocycles. The second-order valence-electron chi connectivity index (χ2n) is 5.85. The monoisotopic (exact) mass is 382 g/mol. The molecule has 28 heavy (non-hydrogen) atoms. The van der Waals surface area contributed by atoms with Gasteiger partial charge in [0.2, 0.25) is 11.7 Å². The molecule has 0 bridgehead atoms. The number of hydrogen-bond donors (Lipinski definition) is 1. The van der Waals surface area contributed by atoms with Gasteiger partial charge < -0.3 is 19.5 Å². The quantitative estimate of drug-likeness (QED) is 0.622. The van der Waals surface area contributed by atoms with Crippen LogP contribution in [-0.4, -0.2) is 34.7 Å². The van der Waals surface area contributed by atoms with Crippen molar-refractivity contribution in [3.8, 4) is 17.1 Å². The molecule has 144 valence electrons. The van der Waals surface area contributed by atoms with E-state index in [1.807, 2.05) is 12.1 Å². The Morgan fingerprint density at radius 3 is 2.61 bits per heavy atom. The average molecular weight is 382 g/mol. The van der Waals surface area contributed by atoms with Gasteiger partial charge in [-0.2, -0.15) is 4.98 Å². The van der Waals surface area contributed by atoms with Crippen molar-refractivity contribution in [1.29, 1.82) is 0 Å². The summed E-state index contributed by atoms with van der Waals surface area (Å²) in [5.74, 6) is 1.04. The average Bonchev–Trinajstić information content (AvgIpc) is 3.18. The van der Waals surface area contributed by atoms with Crippen LogP contribution in [0, 0.1) is 5.82 Å². The molecule has 0 aliphatic heterocycles. The molecule has 3 aromatic rings. The van der Waals surface area contributed by atoms with Gasteiger partial charge in [0.25, 0.3) is 0 Å². The van der Waals surface area contributed by atoms with Crippen LogP contribution < -0.4 is 10.1 Å². The lowest BCUT2D eigenvalue weighted by Gasteiger charge is -2.19. The topological polar surface area (TPSA) is 80.5 Å². The Kier molecular flexibility index (Phi) is 6.01. The molecular weight excluding hydrogens is 363 g/mol. The van der Waals surface area contributed by atoms with Gasteiger partial charge >= 0.3 is 6.03 Å². The van der Waals surface area contributed by atoms with Crippen LogP contribution in [-0.2, 0) is 6.54 Å². The summed E-state index contributed by atoms with van der Waals surface area (Å²) in [5.41, 5.74) is 1.24. The molecule has 0 radical (unpaired) electrons. The molecule has 3 rings (SSSR count). The minimum absolute atomic E-state index is 0.0994. The third kappa shape index (κ3) is 4.73. The second-order valence-corrected chi connectivity index (χ2v) is 5.85. The van der Waals surface area contributed by atoms with Crippen LogP contribution in [0.4, 0.5) is 14.9 Å². The Hall–Kier alpha value is -3.68. The van der Waals surface area contributed by atoms with Crippen molar-refractivity contribution in [3.63, 3.8) is 0 Å². The van der Waals surface area contributed by atoms with Crippen LogP contribution in [0.5, 0.6) is 5.75 Å². The van der Waals surface area contributed by atoms with E-state index in [1.54, 1.807) is 25.3 Å². The second kappa shape index (κ2) is 8.81.